The SMILES string of the molecule is CC(C)C[C@@H]1CC[C@H](N(C)/C=C\C(=O)NC=O)C1. The van der Waals surface area contributed by atoms with Gasteiger partial charge in [0.05, 0.1) is 0 Å². The van der Waals surface area contributed by atoms with Crippen molar-refractivity contribution in [2.75, 3.05) is 7.05 Å². The predicted molar refractivity (Wildman–Crippen MR) is 71.7 cm³/mol. The van der Waals surface area contributed by atoms with Crippen LogP contribution in [0.25, 0.3) is 0 Å². The van der Waals surface area contributed by atoms with Crippen LogP contribution < -0.4 is 5.32 Å². The van der Waals surface area contributed by atoms with E-state index in [1.807, 2.05) is 7.05 Å². The summed E-state index contributed by atoms with van der Waals surface area (Å²) in [7, 11) is 1.99. The molecule has 0 unspecified atom stereocenters. The van der Waals surface area contributed by atoms with Gasteiger partial charge in [0.2, 0.25) is 6.41 Å². The van der Waals surface area contributed by atoms with E-state index in [4.69, 9.17) is 0 Å². The first-order chi connectivity index (χ1) is 8.52. The van der Waals surface area contributed by atoms with E-state index < -0.39 is 0 Å². The zero-order valence-corrected chi connectivity index (χ0v) is 11.6. The molecule has 0 heterocycles. The number of rotatable bonds is 6. The summed E-state index contributed by atoms with van der Waals surface area (Å²) in [6, 6.07) is 0.522. The van der Waals surface area contributed by atoms with Crippen LogP contribution in [0.4, 0.5) is 0 Å². The van der Waals surface area contributed by atoms with Crippen LogP contribution in [0.3, 0.4) is 0 Å². The molecule has 0 aromatic heterocycles. The van der Waals surface area contributed by atoms with Crippen LogP contribution in [0.5, 0.6) is 0 Å². The lowest BCUT2D eigenvalue weighted by Gasteiger charge is -2.22. The Labute approximate surface area is 109 Å². The molecule has 102 valence electrons. The number of nitrogens with one attached hydrogen (secondary N) is 1. The Morgan fingerprint density at radius 3 is 2.78 bits per heavy atom. The summed E-state index contributed by atoms with van der Waals surface area (Å²) in [6.07, 6.45) is 8.54. The van der Waals surface area contributed by atoms with Crippen LogP contribution in [-0.2, 0) is 9.59 Å². The topological polar surface area (TPSA) is 49.4 Å². The average Bonchev–Trinajstić information content (AvgIpc) is 2.74. The minimum Gasteiger partial charge on any atom is -0.377 e. The quantitative estimate of drug-likeness (QED) is 0.580. The molecular weight excluding hydrogens is 228 g/mol. The highest BCUT2D eigenvalue weighted by atomic mass is 16.2. The summed E-state index contributed by atoms with van der Waals surface area (Å²) in [5, 5.41) is 2.09. The van der Waals surface area contributed by atoms with E-state index in [1.54, 1.807) is 6.20 Å². The summed E-state index contributed by atoms with van der Waals surface area (Å²) in [5.74, 6) is 1.20. The highest BCUT2D eigenvalue weighted by Gasteiger charge is 2.26. The fraction of sp³-hybridized carbons (Fsp3) is 0.714. The summed E-state index contributed by atoms with van der Waals surface area (Å²) < 4.78 is 0. The van der Waals surface area contributed by atoms with Gasteiger partial charge < -0.3 is 4.90 Å². The van der Waals surface area contributed by atoms with Gasteiger partial charge in [0.15, 0.2) is 0 Å². The number of imide groups is 1. The molecule has 0 radical (unpaired) electrons. The smallest absolute Gasteiger partial charge is 0.251 e. The number of carbonyl (C=O) groups is 2. The summed E-state index contributed by atoms with van der Waals surface area (Å²) in [4.78, 5) is 23.3. The van der Waals surface area contributed by atoms with Crippen molar-refractivity contribution in [1.29, 1.82) is 0 Å². The third-order valence-corrected chi connectivity index (χ3v) is 3.56. The largest absolute Gasteiger partial charge is 0.377 e. The van der Waals surface area contributed by atoms with Crippen molar-refractivity contribution in [2.45, 2.75) is 45.6 Å². The van der Waals surface area contributed by atoms with Gasteiger partial charge in [-0.3, -0.25) is 14.9 Å². The Kier molecular flexibility index (Phi) is 5.89. The molecule has 2 atom stereocenters. The first-order valence-corrected chi connectivity index (χ1v) is 6.67. The van der Waals surface area contributed by atoms with Crippen LogP contribution in [-0.4, -0.2) is 30.3 Å². The number of carbonyl (C=O) groups excluding carboxylic acids is 2. The van der Waals surface area contributed by atoms with Crippen molar-refractivity contribution < 1.29 is 9.59 Å². The Hall–Kier alpha value is -1.32. The lowest BCUT2D eigenvalue weighted by Crippen LogP contribution is -2.26. The standard InChI is InChI=1S/C14H24N2O2/c1-11(2)8-12-4-5-13(9-12)16(3)7-6-14(18)15-10-17/h6-7,10-13H,4-5,8-9H2,1-3H3,(H,15,17,18)/b7-6-/t12-,13-/m0/s1. The molecular formula is C14H24N2O2. The van der Waals surface area contributed by atoms with Gasteiger partial charge in [-0.05, 0) is 37.5 Å². The summed E-state index contributed by atoms with van der Waals surface area (Å²) in [5.41, 5.74) is 0. The van der Waals surface area contributed by atoms with Crippen LogP contribution >= 0.6 is 0 Å². The van der Waals surface area contributed by atoms with Crippen molar-refractivity contribution in [1.82, 2.24) is 10.2 Å². The molecule has 0 spiro atoms. The van der Waals surface area contributed by atoms with E-state index >= 15 is 0 Å². The van der Waals surface area contributed by atoms with Gasteiger partial charge >= 0.3 is 0 Å². The van der Waals surface area contributed by atoms with E-state index in [1.165, 1.54) is 31.8 Å². The molecule has 0 aromatic carbocycles. The molecule has 1 saturated carbocycles. The molecule has 1 aliphatic carbocycles. The number of hydrogen-bond donors (Lipinski definition) is 1. The molecule has 4 nitrogen and oxygen atoms in total. The van der Waals surface area contributed by atoms with Crippen molar-refractivity contribution in [3.8, 4) is 0 Å². The zero-order chi connectivity index (χ0) is 13.5. The number of amides is 2. The molecule has 18 heavy (non-hydrogen) atoms. The van der Waals surface area contributed by atoms with Crippen LogP contribution in [0.1, 0.15) is 39.5 Å². The number of hydrogen-bond acceptors (Lipinski definition) is 3. The van der Waals surface area contributed by atoms with E-state index in [-0.39, 0.29) is 5.91 Å². The normalized spacial score (nSPS) is 23.6. The summed E-state index contributed by atoms with van der Waals surface area (Å²) >= 11 is 0. The van der Waals surface area contributed by atoms with Gasteiger partial charge in [-0.25, -0.2) is 0 Å². The minimum atomic E-state index is -0.367. The second-order valence-corrected chi connectivity index (χ2v) is 5.57. The first kappa shape index (κ1) is 14.7. The van der Waals surface area contributed by atoms with Crippen molar-refractivity contribution in [3.05, 3.63) is 12.3 Å². The van der Waals surface area contributed by atoms with Gasteiger partial charge in [-0.2, -0.15) is 0 Å². The third-order valence-electron chi connectivity index (χ3n) is 3.56. The Bertz CT molecular complexity index is 313. The molecule has 1 aliphatic rings. The summed E-state index contributed by atoms with van der Waals surface area (Å²) in [6.45, 7) is 4.53. The van der Waals surface area contributed by atoms with Crippen LogP contribution in [0.2, 0.25) is 0 Å². The molecule has 1 fully saturated rings. The van der Waals surface area contributed by atoms with Gasteiger partial charge in [0.25, 0.3) is 5.91 Å². The lowest BCUT2D eigenvalue weighted by molar-refractivity contribution is -0.121. The lowest BCUT2D eigenvalue weighted by atomic mass is 9.96. The maximum absolute atomic E-state index is 11.1. The Morgan fingerprint density at radius 1 is 1.44 bits per heavy atom. The highest BCUT2D eigenvalue weighted by molar-refractivity contribution is 5.94. The van der Waals surface area contributed by atoms with E-state index in [9.17, 15) is 9.59 Å². The van der Waals surface area contributed by atoms with Crippen molar-refractivity contribution in [3.63, 3.8) is 0 Å². The molecule has 0 aromatic rings. The fourth-order valence-corrected chi connectivity index (χ4v) is 2.71. The van der Waals surface area contributed by atoms with E-state index in [0.717, 1.165) is 11.8 Å². The number of nitrogens with zero attached hydrogens (tertiary/aromatic N) is 1. The molecule has 2 amide bonds. The van der Waals surface area contributed by atoms with E-state index in [0.29, 0.717) is 12.5 Å². The van der Waals surface area contributed by atoms with Crippen molar-refractivity contribution >= 4 is 12.3 Å². The monoisotopic (exact) mass is 252 g/mol. The Balaban J connectivity index is 2.37. The Morgan fingerprint density at radius 2 is 2.17 bits per heavy atom. The molecule has 1 rings (SSSR count). The predicted octanol–water partition coefficient (Wildman–Crippen LogP) is 1.92. The second kappa shape index (κ2) is 7.19. The molecule has 4 heteroatoms. The van der Waals surface area contributed by atoms with Gasteiger partial charge in [-0.15, -0.1) is 0 Å². The molecule has 0 bridgehead atoms. The van der Waals surface area contributed by atoms with Gasteiger partial charge in [-0.1, -0.05) is 13.8 Å². The first-order valence-electron chi connectivity index (χ1n) is 6.67. The molecule has 0 saturated heterocycles. The van der Waals surface area contributed by atoms with Gasteiger partial charge in [0, 0.05) is 25.4 Å². The second-order valence-electron chi connectivity index (χ2n) is 5.57. The van der Waals surface area contributed by atoms with Crippen LogP contribution in [0, 0.1) is 11.8 Å². The van der Waals surface area contributed by atoms with E-state index in [2.05, 4.69) is 24.1 Å². The molecule has 1 N–H and O–H groups in total. The zero-order valence-electron chi connectivity index (χ0n) is 11.6. The highest BCUT2D eigenvalue weighted by Crippen LogP contribution is 2.33. The van der Waals surface area contributed by atoms with Crippen LogP contribution in [0.15, 0.2) is 12.3 Å². The maximum atomic E-state index is 11.1. The third kappa shape index (κ3) is 4.90. The maximum Gasteiger partial charge on any atom is 0.251 e. The fourth-order valence-electron chi connectivity index (χ4n) is 2.71. The van der Waals surface area contributed by atoms with Crippen molar-refractivity contribution in [2.24, 2.45) is 11.8 Å². The van der Waals surface area contributed by atoms with Gasteiger partial charge in [0.1, 0.15) is 0 Å². The molecule has 0 aliphatic heterocycles. The average molecular weight is 252 g/mol. The minimum absolute atomic E-state index is 0.367.